The zero-order valence-electron chi connectivity index (χ0n) is 16.4. The highest BCUT2D eigenvalue weighted by Gasteiger charge is 2.23. The Balaban J connectivity index is 1.44. The van der Waals surface area contributed by atoms with E-state index in [1.165, 1.54) is 23.5 Å². The largest absolute Gasteiger partial charge is 0.427 e. The minimum Gasteiger partial charge on any atom is -0.427 e. The maximum absolute atomic E-state index is 13.1. The van der Waals surface area contributed by atoms with Crippen LogP contribution in [0.25, 0.3) is 11.3 Å². The van der Waals surface area contributed by atoms with E-state index in [9.17, 15) is 14.0 Å². The van der Waals surface area contributed by atoms with E-state index in [2.05, 4.69) is 10.3 Å². The molecule has 1 aliphatic rings. The van der Waals surface area contributed by atoms with Crippen LogP contribution in [0.4, 0.5) is 4.39 Å². The molecule has 0 saturated carbocycles. The molecule has 1 aliphatic heterocycles. The lowest BCUT2D eigenvalue weighted by Gasteiger charge is -2.21. The number of nitrogens with one attached hydrogen (secondary N) is 1. The molecule has 156 valence electrons. The summed E-state index contributed by atoms with van der Waals surface area (Å²) in [5.41, 5.74) is 1.49. The fourth-order valence-corrected chi connectivity index (χ4v) is 4.22. The first-order valence-corrected chi connectivity index (χ1v) is 10.6. The molecule has 2 aromatic heterocycles. The van der Waals surface area contributed by atoms with Crippen molar-refractivity contribution in [1.29, 1.82) is 0 Å². The minimum absolute atomic E-state index is 0.0149. The molecular weight excluding hydrogens is 407 g/mol. The van der Waals surface area contributed by atoms with Crippen LogP contribution in [-0.2, 0) is 11.3 Å². The first kappa shape index (κ1) is 20.4. The van der Waals surface area contributed by atoms with Crippen LogP contribution in [0.1, 0.15) is 45.4 Å². The number of hydrogen-bond acceptors (Lipinski definition) is 6. The summed E-state index contributed by atoms with van der Waals surface area (Å²) in [6.07, 6.45) is 1.60. The highest BCUT2D eigenvalue weighted by atomic mass is 32.1. The van der Waals surface area contributed by atoms with Crippen molar-refractivity contribution in [2.24, 2.45) is 0 Å². The van der Waals surface area contributed by atoms with E-state index in [-0.39, 0.29) is 23.8 Å². The van der Waals surface area contributed by atoms with Crippen molar-refractivity contribution in [1.82, 2.24) is 10.3 Å². The quantitative estimate of drug-likeness (QED) is 0.663. The molecule has 0 aliphatic carbocycles. The Morgan fingerprint density at radius 3 is 2.70 bits per heavy atom. The van der Waals surface area contributed by atoms with Gasteiger partial charge in [0.1, 0.15) is 22.1 Å². The highest BCUT2D eigenvalue weighted by Crippen LogP contribution is 2.27. The number of nitrogens with zero attached hydrogens (tertiary/aromatic N) is 1. The van der Waals surface area contributed by atoms with Gasteiger partial charge in [-0.25, -0.2) is 14.2 Å². The minimum atomic E-state index is -0.625. The lowest BCUT2D eigenvalue weighted by molar-refractivity contribution is 0.0795. The zero-order chi connectivity index (χ0) is 21.1. The molecule has 6 nitrogen and oxygen atoms in total. The van der Waals surface area contributed by atoms with Gasteiger partial charge in [0, 0.05) is 30.1 Å². The molecule has 0 bridgehead atoms. The Kier molecular flexibility index (Phi) is 6.06. The lowest BCUT2D eigenvalue weighted by atomic mass is 9.95. The van der Waals surface area contributed by atoms with Gasteiger partial charge in [-0.15, -0.1) is 11.3 Å². The molecule has 1 aromatic carbocycles. The van der Waals surface area contributed by atoms with Crippen molar-refractivity contribution < 1.29 is 18.3 Å². The van der Waals surface area contributed by atoms with Gasteiger partial charge in [-0.2, -0.15) is 0 Å². The second-order valence-electron chi connectivity index (χ2n) is 7.20. The van der Waals surface area contributed by atoms with E-state index < -0.39 is 11.5 Å². The Labute approximate surface area is 176 Å². The first-order valence-electron chi connectivity index (χ1n) is 9.72. The number of benzene rings is 1. The SMILES string of the molecule is Cc1cc(C2CCOCC2)oc(=O)c1C(=O)NCc1nc(-c2ccc(F)cc2)cs1. The maximum Gasteiger partial charge on any atom is 0.349 e. The molecule has 1 N–H and O–H groups in total. The maximum atomic E-state index is 13.1. The molecule has 8 heteroatoms. The predicted molar refractivity (Wildman–Crippen MR) is 111 cm³/mol. The van der Waals surface area contributed by atoms with E-state index in [1.807, 2.05) is 5.38 Å². The van der Waals surface area contributed by atoms with Crippen molar-refractivity contribution in [3.05, 3.63) is 73.8 Å². The molecule has 3 heterocycles. The second kappa shape index (κ2) is 8.89. The van der Waals surface area contributed by atoms with Crippen molar-refractivity contribution >= 4 is 17.2 Å². The van der Waals surface area contributed by atoms with Crippen LogP contribution in [0.15, 0.2) is 44.9 Å². The molecule has 1 fully saturated rings. The van der Waals surface area contributed by atoms with Crippen molar-refractivity contribution in [3.8, 4) is 11.3 Å². The number of amides is 1. The van der Waals surface area contributed by atoms with Crippen LogP contribution in [-0.4, -0.2) is 24.1 Å². The highest BCUT2D eigenvalue weighted by molar-refractivity contribution is 7.09. The number of aryl methyl sites for hydroxylation is 1. The van der Waals surface area contributed by atoms with Crippen LogP contribution in [0.3, 0.4) is 0 Å². The van der Waals surface area contributed by atoms with Gasteiger partial charge in [0.25, 0.3) is 5.91 Å². The standard InChI is InChI=1S/C22H21FN2O4S/c1-13-10-18(15-6-8-28-9-7-15)29-22(27)20(13)21(26)24-11-19-25-17(12-30-19)14-2-4-16(23)5-3-14/h2-5,10,12,15H,6-9,11H2,1H3,(H,24,26). The molecule has 1 saturated heterocycles. The van der Waals surface area contributed by atoms with Crippen LogP contribution in [0.2, 0.25) is 0 Å². The molecular formula is C22H21FN2O4S. The molecule has 0 radical (unpaired) electrons. The number of halogens is 1. The molecule has 0 unspecified atom stereocenters. The average Bonchev–Trinajstić information content (AvgIpc) is 3.22. The number of ether oxygens (including phenoxy) is 1. The van der Waals surface area contributed by atoms with E-state index in [0.29, 0.717) is 35.2 Å². The van der Waals surface area contributed by atoms with Gasteiger partial charge in [-0.05, 0) is 55.7 Å². The molecule has 1 amide bonds. The summed E-state index contributed by atoms with van der Waals surface area (Å²) in [4.78, 5) is 29.5. The van der Waals surface area contributed by atoms with E-state index >= 15 is 0 Å². The van der Waals surface area contributed by atoms with Gasteiger partial charge >= 0.3 is 5.63 Å². The summed E-state index contributed by atoms with van der Waals surface area (Å²) in [7, 11) is 0. The molecule has 30 heavy (non-hydrogen) atoms. The van der Waals surface area contributed by atoms with E-state index in [4.69, 9.17) is 9.15 Å². The fourth-order valence-electron chi connectivity index (χ4n) is 3.48. The Morgan fingerprint density at radius 1 is 1.27 bits per heavy atom. The van der Waals surface area contributed by atoms with Crippen molar-refractivity contribution in [2.75, 3.05) is 13.2 Å². The topological polar surface area (TPSA) is 81.4 Å². The number of aromatic nitrogens is 1. The Bertz CT molecular complexity index is 1100. The third kappa shape index (κ3) is 4.49. The first-order chi connectivity index (χ1) is 14.5. The number of carbonyl (C=O) groups is 1. The second-order valence-corrected chi connectivity index (χ2v) is 8.14. The summed E-state index contributed by atoms with van der Waals surface area (Å²) in [6, 6.07) is 7.84. The monoisotopic (exact) mass is 428 g/mol. The fraction of sp³-hybridized carbons (Fsp3) is 0.318. The number of carbonyl (C=O) groups excluding carboxylic acids is 1. The van der Waals surface area contributed by atoms with Gasteiger partial charge in [0.05, 0.1) is 12.2 Å². The van der Waals surface area contributed by atoms with Gasteiger partial charge in [0.2, 0.25) is 0 Å². The van der Waals surface area contributed by atoms with Crippen LogP contribution >= 0.6 is 11.3 Å². The third-order valence-electron chi connectivity index (χ3n) is 5.11. The molecule has 0 spiro atoms. The van der Waals surface area contributed by atoms with Crippen LogP contribution in [0, 0.1) is 12.7 Å². The third-order valence-corrected chi connectivity index (χ3v) is 5.96. The number of thiazole rings is 1. The smallest absolute Gasteiger partial charge is 0.349 e. The van der Waals surface area contributed by atoms with Crippen molar-refractivity contribution in [3.63, 3.8) is 0 Å². The van der Waals surface area contributed by atoms with Crippen LogP contribution < -0.4 is 10.9 Å². The van der Waals surface area contributed by atoms with E-state index in [1.54, 1.807) is 25.1 Å². The Hall–Kier alpha value is -2.84. The summed E-state index contributed by atoms with van der Waals surface area (Å²) in [6.45, 7) is 3.21. The summed E-state index contributed by atoms with van der Waals surface area (Å²) >= 11 is 1.38. The predicted octanol–water partition coefficient (Wildman–Crippen LogP) is 4.03. The van der Waals surface area contributed by atoms with E-state index in [0.717, 1.165) is 18.4 Å². The number of hydrogen-bond donors (Lipinski definition) is 1. The van der Waals surface area contributed by atoms with Gasteiger partial charge < -0.3 is 14.5 Å². The summed E-state index contributed by atoms with van der Waals surface area (Å²) in [5.74, 6) is -0.0412. The normalized spacial score (nSPS) is 14.6. The molecule has 0 atom stereocenters. The summed E-state index contributed by atoms with van der Waals surface area (Å²) in [5, 5.41) is 5.27. The summed E-state index contributed by atoms with van der Waals surface area (Å²) < 4.78 is 23.9. The van der Waals surface area contributed by atoms with Crippen molar-refractivity contribution in [2.45, 2.75) is 32.2 Å². The molecule has 3 aromatic rings. The van der Waals surface area contributed by atoms with Crippen LogP contribution in [0.5, 0.6) is 0 Å². The van der Waals surface area contributed by atoms with Gasteiger partial charge in [-0.3, -0.25) is 4.79 Å². The lowest BCUT2D eigenvalue weighted by Crippen LogP contribution is -2.29. The molecule has 4 rings (SSSR count). The zero-order valence-corrected chi connectivity index (χ0v) is 17.3. The van der Waals surface area contributed by atoms with Gasteiger partial charge in [0.15, 0.2) is 0 Å². The van der Waals surface area contributed by atoms with Gasteiger partial charge in [-0.1, -0.05) is 0 Å². The number of rotatable bonds is 5. The Morgan fingerprint density at radius 2 is 2.00 bits per heavy atom. The average molecular weight is 428 g/mol.